The van der Waals surface area contributed by atoms with Gasteiger partial charge in [0.25, 0.3) is 5.91 Å². The molecule has 0 atom stereocenters. The third-order valence-electron chi connectivity index (χ3n) is 4.06. The molecule has 1 heterocycles. The second-order valence-electron chi connectivity index (χ2n) is 5.71. The molecule has 2 aromatic carbocycles. The number of hydrogen-bond donors (Lipinski definition) is 0. The van der Waals surface area contributed by atoms with Crippen molar-refractivity contribution in [2.45, 2.75) is 19.9 Å². The molecule has 0 fully saturated rings. The summed E-state index contributed by atoms with van der Waals surface area (Å²) in [6.07, 6.45) is 2.75. The molecule has 0 unspecified atom stereocenters. The maximum absolute atomic E-state index is 12.8. The molecule has 3 heteroatoms. The lowest BCUT2D eigenvalue weighted by Crippen LogP contribution is -2.26. The zero-order chi connectivity index (χ0) is 16.2. The number of hydrogen-bond acceptors (Lipinski definition) is 2. The molecule has 0 spiro atoms. The zero-order valence-electron chi connectivity index (χ0n) is 13.5. The Labute approximate surface area is 136 Å². The minimum absolute atomic E-state index is 0.00568. The molecule has 0 saturated carbocycles. The Hall–Kier alpha value is -2.68. The van der Waals surface area contributed by atoms with Crippen molar-refractivity contribution in [2.75, 3.05) is 7.05 Å². The summed E-state index contributed by atoms with van der Waals surface area (Å²) in [5.74, 6) is -0.00568. The summed E-state index contributed by atoms with van der Waals surface area (Å²) in [4.78, 5) is 18.9. The zero-order valence-corrected chi connectivity index (χ0v) is 13.5. The Bertz CT molecular complexity index is 819. The number of nitrogens with zero attached hydrogens (tertiary/aromatic N) is 2. The third-order valence-corrected chi connectivity index (χ3v) is 4.06. The summed E-state index contributed by atoms with van der Waals surface area (Å²) in [7, 11) is 1.83. The van der Waals surface area contributed by atoms with Gasteiger partial charge in [-0.3, -0.25) is 9.78 Å². The predicted octanol–water partition coefficient (Wildman–Crippen LogP) is 4.07. The fourth-order valence-corrected chi connectivity index (χ4v) is 2.71. The molecule has 1 aromatic heterocycles. The number of pyridine rings is 1. The number of benzene rings is 2. The molecule has 1 amide bonds. The maximum atomic E-state index is 12.8. The molecule has 0 aliphatic heterocycles. The Kier molecular flexibility index (Phi) is 4.38. The molecule has 0 aliphatic rings. The van der Waals surface area contributed by atoms with Gasteiger partial charge in [-0.1, -0.05) is 49.4 Å². The number of fused-ring (bicyclic) bond motifs is 1. The lowest BCUT2D eigenvalue weighted by molar-refractivity contribution is 0.0787. The van der Waals surface area contributed by atoms with Crippen LogP contribution in [-0.2, 0) is 13.0 Å². The van der Waals surface area contributed by atoms with E-state index in [1.807, 2.05) is 37.4 Å². The quantitative estimate of drug-likeness (QED) is 0.728. The van der Waals surface area contributed by atoms with Gasteiger partial charge in [-0.05, 0) is 29.7 Å². The average molecular weight is 304 g/mol. The van der Waals surface area contributed by atoms with Crippen LogP contribution in [-0.4, -0.2) is 22.8 Å². The van der Waals surface area contributed by atoms with Gasteiger partial charge in [-0.15, -0.1) is 0 Å². The van der Waals surface area contributed by atoms with Crippen molar-refractivity contribution < 1.29 is 4.79 Å². The highest BCUT2D eigenvalue weighted by molar-refractivity contribution is 6.05. The molecule has 0 saturated heterocycles. The van der Waals surface area contributed by atoms with Gasteiger partial charge in [-0.2, -0.15) is 0 Å². The number of aromatic nitrogens is 1. The highest BCUT2D eigenvalue weighted by Crippen LogP contribution is 2.18. The van der Waals surface area contributed by atoms with Crippen molar-refractivity contribution in [1.82, 2.24) is 9.88 Å². The summed E-state index contributed by atoms with van der Waals surface area (Å²) >= 11 is 0. The van der Waals surface area contributed by atoms with Crippen LogP contribution in [0.25, 0.3) is 10.9 Å². The molecule has 3 aromatic rings. The molecule has 0 aliphatic carbocycles. The number of carbonyl (C=O) groups excluding carboxylic acids is 1. The first-order valence-electron chi connectivity index (χ1n) is 7.86. The van der Waals surface area contributed by atoms with Gasteiger partial charge in [0.05, 0.1) is 11.1 Å². The summed E-state index contributed by atoms with van der Waals surface area (Å²) in [5.41, 5.74) is 3.84. The van der Waals surface area contributed by atoms with E-state index >= 15 is 0 Å². The summed E-state index contributed by atoms with van der Waals surface area (Å²) in [6, 6.07) is 18.0. The maximum Gasteiger partial charge on any atom is 0.256 e. The van der Waals surface area contributed by atoms with Crippen molar-refractivity contribution in [3.05, 3.63) is 77.5 Å². The topological polar surface area (TPSA) is 33.2 Å². The van der Waals surface area contributed by atoms with E-state index in [0.29, 0.717) is 12.1 Å². The van der Waals surface area contributed by atoms with E-state index in [1.54, 1.807) is 11.1 Å². The van der Waals surface area contributed by atoms with Gasteiger partial charge >= 0.3 is 0 Å². The first-order valence-corrected chi connectivity index (χ1v) is 7.86. The molecule has 23 heavy (non-hydrogen) atoms. The summed E-state index contributed by atoms with van der Waals surface area (Å²) in [5, 5.41) is 0.985. The summed E-state index contributed by atoms with van der Waals surface area (Å²) < 4.78 is 0. The van der Waals surface area contributed by atoms with Crippen molar-refractivity contribution in [3.63, 3.8) is 0 Å². The van der Waals surface area contributed by atoms with E-state index in [1.165, 1.54) is 5.56 Å². The predicted molar refractivity (Wildman–Crippen MR) is 93.4 cm³/mol. The Morgan fingerprint density at radius 3 is 2.43 bits per heavy atom. The van der Waals surface area contributed by atoms with Crippen LogP contribution in [0.4, 0.5) is 0 Å². The Morgan fingerprint density at radius 1 is 1.00 bits per heavy atom. The van der Waals surface area contributed by atoms with Gasteiger partial charge < -0.3 is 4.90 Å². The molecule has 3 rings (SSSR count). The lowest BCUT2D eigenvalue weighted by atomic mass is 10.1. The van der Waals surface area contributed by atoms with Crippen LogP contribution in [0, 0.1) is 0 Å². The lowest BCUT2D eigenvalue weighted by Gasteiger charge is -2.18. The minimum Gasteiger partial charge on any atom is -0.337 e. The van der Waals surface area contributed by atoms with Crippen LogP contribution >= 0.6 is 0 Å². The minimum atomic E-state index is -0.00568. The highest BCUT2D eigenvalue weighted by atomic mass is 16.2. The Morgan fingerprint density at radius 2 is 1.70 bits per heavy atom. The van der Waals surface area contributed by atoms with Crippen LogP contribution in [0.3, 0.4) is 0 Å². The standard InChI is InChI=1S/C20H20N2O/c1-3-15-9-11-16(12-10-15)14-22(2)20(23)18-8-4-6-17-7-5-13-21-19(17)18/h4-13H,3,14H2,1-2H3. The smallest absolute Gasteiger partial charge is 0.256 e. The second-order valence-corrected chi connectivity index (χ2v) is 5.71. The SMILES string of the molecule is CCc1ccc(CN(C)C(=O)c2cccc3cccnc23)cc1. The first-order chi connectivity index (χ1) is 11.2. The normalized spacial score (nSPS) is 10.7. The number of carbonyl (C=O) groups is 1. The van der Waals surface area contributed by atoms with Gasteiger partial charge in [-0.25, -0.2) is 0 Å². The molecule has 0 bridgehead atoms. The first kappa shape index (κ1) is 15.2. The van der Waals surface area contributed by atoms with E-state index in [9.17, 15) is 4.79 Å². The highest BCUT2D eigenvalue weighted by Gasteiger charge is 2.15. The second kappa shape index (κ2) is 6.61. The molecule has 3 nitrogen and oxygen atoms in total. The molecule has 0 N–H and O–H groups in total. The molecular weight excluding hydrogens is 284 g/mol. The van der Waals surface area contributed by atoms with Crippen LogP contribution in [0.2, 0.25) is 0 Å². The van der Waals surface area contributed by atoms with Crippen molar-refractivity contribution in [2.24, 2.45) is 0 Å². The van der Waals surface area contributed by atoms with Gasteiger partial charge in [0.1, 0.15) is 0 Å². The monoisotopic (exact) mass is 304 g/mol. The van der Waals surface area contributed by atoms with Gasteiger partial charge in [0.2, 0.25) is 0 Å². The van der Waals surface area contributed by atoms with Gasteiger partial charge in [0, 0.05) is 25.2 Å². The van der Waals surface area contributed by atoms with E-state index in [0.717, 1.165) is 22.9 Å². The number of aryl methyl sites for hydroxylation is 1. The number of para-hydroxylation sites is 1. The molecule has 0 radical (unpaired) electrons. The fourth-order valence-electron chi connectivity index (χ4n) is 2.71. The van der Waals surface area contributed by atoms with Gasteiger partial charge in [0.15, 0.2) is 0 Å². The average Bonchev–Trinajstić information content (AvgIpc) is 2.61. The van der Waals surface area contributed by atoms with Crippen molar-refractivity contribution in [1.29, 1.82) is 0 Å². The Balaban J connectivity index is 1.83. The van der Waals surface area contributed by atoms with E-state index in [4.69, 9.17) is 0 Å². The fraction of sp³-hybridized carbons (Fsp3) is 0.200. The van der Waals surface area contributed by atoms with Crippen molar-refractivity contribution in [3.8, 4) is 0 Å². The van der Waals surface area contributed by atoms with Crippen LogP contribution in [0.5, 0.6) is 0 Å². The molecule has 116 valence electrons. The van der Waals surface area contributed by atoms with E-state index < -0.39 is 0 Å². The van der Waals surface area contributed by atoms with Crippen LogP contribution in [0.15, 0.2) is 60.8 Å². The largest absolute Gasteiger partial charge is 0.337 e. The van der Waals surface area contributed by atoms with Crippen molar-refractivity contribution >= 4 is 16.8 Å². The summed E-state index contributed by atoms with van der Waals surface area (Å²) in [6.45, 7) is 2.73. The van der Waals surface area contributed by atoms with E-state index in [-0.39, 0.29) is 5.91 Å². The number of amides is 1. The number of rotatable bonds is 4. The van der Waals surface area contributed by atoms with E-state index in [2.05, 4.69) is 36.2 Å². The third kappa shape index (κ3) is 3.24. The van der Waals surface area contributed by atoms with Crippen LogP contribution in [0.1, 0.15) is 28.4 Å². The molecular formula is C20H20N2O. The van der Waals surface area contributed by atoms with Crippen LogP contribution < -0.4 is 0 Å².